The fourth-order valence-electron chi connectivity index (χ4n) is 3.32. The summed E-state index contributed by atoms with van der Waals surface area (Å²) >= 11 is 5.90. The standard InChI is InChI=1S/C20H23ClN2O2.ClH/c21-17-5-3-15(4-6-17)20(25)16-9-11-23(12-10-16)19(24)13-14-1-7-18(22)8-2-14;/h1-8,16,20,25H,9-13,22H2;1H. The summed E-state index contributed by atoms with van der Waals surface area (Å²) < 4.78 is 0. The van der Waals surface area contributed by atoms with Gasteiger partial charge in [-0.25, -0.2) is 0 Å². The number of aliphatic hydroxyl groups excluding tert-OH is 1. The first-order valence-electron chi connectivity index (χ1n) is 8.58. The van der Waals surface area contributed by atoms with Crippen LogP contribution in [0.2, 0.25) is 5.02 Å². The van der Waals surface area contributed by atoms with Crippen molar-refractivity contribution in [3.63, 3.8) is 0 Å². The van der Waals surface area contributed by atoms with Gasteiger partial charge >= 0.3 is 0 Å². The first kappa shape index (κ1) is 20.6. The maximum Gasteiger partial charge on any atom is 0.226 e. The molecule has 0 aromatic heterocycles. The molecule has 3 N–H and O–H groups in total. The van der Waals surface area contributed by atoms with Crippen molar-refractivity contribution in [1.82, 2.24) is 4.90 Å². The molecule has 6 heteroatoms. The molecule has 1 atom stereocenters. The van der Waals surface area contributed by atoms with Gasteiger partial charge in [0.15, 0.2) is 0 Å². The molecule has 1 fully saturated rings. The van der Waals surface area contributed by atoms with E-state index in [4.69, 9.17) is 17.3 Å². The van der Waals surface area contributed by atoms with E-state index in [0.717, 1.165) is 24.0 Å². The van der Waals surface area contributed by atoms with E-state index < -0.39 is 6.10 Å². The maximum absolute atomic E-state index is 12.5. The van der Waals surface area contributed by atoms with Gasteiger partial charge in [-0.2, -0.15) is 0 Å². The van der Waals surface area contributed by atoms with Crippen molar-refractivity contribution >= 4 is 35.6 Å². The van der Waals surface area contributed by atoms with Crippen LogP contribution < -0.4 is 5.73 Å². The molecule has 1 saturated heterocycles. The van der Waals surface area contributed by atoms with Crippen LogP contribution in [0.5, 0.6) is 0 Å². The number of piperidine rings is 1. The average molecular weight is 395 g/mol. The third-order valence-electron chi connectivity index (χ3n) is 4.89. The van der Waals surface area contributed by atoms with E-state index in [9.17, 15) is 9.90 Å². The number of hydrogen-bond donors (Lipinski definition) is 2. The van der Waals surface area contributed by atoms with Gasteiger partial charge in [-0.1, -0.05) is 35.9 Å². The minimum atomic E-state index is -0.508. The first-order valence-corrected chi connectivity index (χ1v) is 8.96. The van der Waals surface area contributed by atoms with Crippen molar-refractivity contribution in [3.8, 4) is 0 Å². The Morgan fingerprint density at radius 3 is 2.27 bits per heavy atom. The highest BCUT2D eigenvalue weighted by molar-refractivity contribution is 6.30. The van der Waals surface area contributed by atoms with Gasteiger partial charge in [0.05, 0.1) is 12.5 Å². The van der Waals surface area contributed by atoms with Crippen LogP contribution in [0.4, 0.5) is 5.69 Å². The summed E-state index contributed by atoms with van der Waals surface area (Å²) in [5.41, 5.74) is 8.24. The number of hydrogen-bond acceptors (Lipinski definition) is 3. The van der Waals surface area contributed by atoms with Gasteiger partial charge in [-0.3, -0.25) is 4.79 Å². The van der Waals surface area contributed by atoms with Gasteiger partial charge in [0, 0.05) is 23.8 Å². The molecule has 0 aliphatic carbocycles. The van der Waals surface area contributed by atoms with E-state index in [1.165, 1.54) is 0 Å². The van der Waals surface area contributed by atoms with Gasteiger partial charge in [0.2, 0.25) is 5.91 Å². The van der Waals surface area contributed by atoms with Crippen molar-refractivity contribution in [2.24, 2.45) is 5.92 Å². The third-order valence-corrected chi connectivity index (χ3v) is 5.14. The fourth-order valence-corrected chi connectivity index (χ4v) is 3.44. The third kappa shape index (κ3) is 5.13. The molecular weight excluding hydrogens is 371 g/mol. The molecule has 26 heavy (non-hydrogen) atoms. The minimum Gasteiger partial charge on any atom is -0.399 e. The molecule has 0 bridgehead atoms. The molecule has 0 radical (unpaired) electrons. The maximum atomic E-state index is 12.5. The number of rotatable bonds is 4. The van der Waals surface area contributed by atoms with Gasteiger partial charge in [0.1, 0.15) is 0 Å². The molecule has 1 aliphatic heterocycles. The number of halogens is 2. The Balaban J connectivity index is 0.00000243. The Labute approximate surface area is 165 Å². The molecule has 1 heterocycles. The average Bonchev–Trinajstić information content (AvgIpc) is 2.64. The number of aliphatic hydroxyl groups is 1. The highest BCUT2D eigenvalue weighted by Gasteiger charge is 2.28. The second kappa shape index (κ2) is 9.26. The van der Waals surface area contributed by atoms with Gasteiger partial charge in [-0.15, -0.1) is 12.4 Å². The molecule has 0 saturated carbocycles. The van der Waals surface area contributed by atoms with E-state index in [0.29, 0.717) is 30.2 Å². The largest absolute Gasteiger partial charge is 0.399 e. The van der Waals surface area contributed by atoms with Crippen molar-refractivity contribution in [1.29, 1.82) is 0 Å². The van der Waals surface area contributed by atoms with Crippen LogP contribution in [0.15, 0.2) is 48.5 Å². The van der Waals surface area contributed by atoms with Crippen LogP contribution in [0.3, 0.4) is 0 Å². The lowest BCUT2D eigenvalue weighted by Gasteiger charge is -2.34. The Hall–Kier alpha value is -1.75. The number of carbonyl (C=O) groups excluding carboxylic acids is 1. The molecule has 1 unspecified atom stereocenters. The summed E-state index contributed by atoms with van der Waals surface area (Å²) in [7, 11) is 0. The number of nitrogens with zero attached hydrogens (tertiary/aromatic N) is 1. The molecular formula is C20H24Cl2N2O2. The van der Waals surface area contributed by atoms with E-state index in [1.54, 1.807) is 12.1 Å². The monoisotopic (exact) mass is 394 g/mol. The molecule has 1 aliphatic rings. The van der Waals surface area contributed by atoms with Gasteiger partial charge < -0.3 is 15.7 Å². The Morgan fingerprint density at radius 1 is 1.12 bits per heavy atom. The smallest absolute Gasteiger partial charge is 0.226 e. The number of amides is 1. The molecule has 3 rings (SSSR count). The lowest BCUT2D eigenvalue weighted by atomic mass is 9.87. The van der Waals surface area contributed by atoms with Gasteiger partial charge in [0.25, 0.3) is 0 Å². The first-order chi connectivity index (χ1) is 12.0. The number of nitrogen functional groups attached to an aromatic ring is 1. The summed E-state index contributed by atoms with van der Waals surface area (Å²) in [6.45, 7) is 1.37. The molecule has 1 amide bonds. The SMILES string of the molecule is Cl.Nc1ccc(CC(=O)N2CCC(C(O)c3ccc(Cl)cc3)CC2)cc1. The minimum absolute atomic E-state index is 0. The normalized spacial score (nSPS) is 16.0. The summed E-state index contributed by atoms with van der Waals surface area (Å²) in [4.78, 5) is 14.3. The zero-order chi connectivity index (χ0) is 17.8. The summed E-state index contributed by atoms with van der Waals surface area (Å²) in [6.07, 6.45) is 1.49. The number of likely N-dealkylation sites (tertiary alicyclic amines) is 1. The number of anilines is 1. The van der Waals surface area contributed by atoms with Crippen LogP contribution >= 0.6 is 24.0 Å². The van der Waals surface area contributed by atoms with Crippen molar-refractivity contribution < 1.29 is 9.90 Å². The lowest BCUT2D eigenvalue weighted by molar-refractivity contribution is -0.132. The fraction of sp³-hybridized carbons (Fsp3) is 0.350. The quantitative estimate of drug-likeness (QED) is 0.773. The molecule has 2 aromatic carbocycles. The topological polar surface area (TPSA) is 66.6 Å². The van der Waals surface area contributed by atoms with Crippen LogP contribution in [0, 0.1) is 5.92 Å². The number of benzene rings is 2. The van der Waals surface area contributed by atoms with Crippen molar-refractivity contribution in [2.75, 3.05) is 18.8 Å². The lowest BCUT2D eigenvalue weighted by Crippen LogP contribution is -2.40. The van der Waals surface area contributed by atoms with E-state index in [-0.39, 0.29) is 24.2 Å². The molecule has 2 aromatic rings. The summed E-state index contributed by atoms with van der Waals surface area (Å²) in [6, 6.07) is 14.7. The van der Waals surface area contributed by atoms with Crippen LogP contribution in [-0.4, -0.2) is 29.0 Å². The molecule has 140 valence electrons. The predicted molar refractivity (Wildman–Crippen MR) is 108 cm³/mol. The van der Waals surface area contributed by atoms with Crippen LogP contribution in [-0.2, 0) is 11.2 Å². The number of carbonyl (C=O) groups is 1. The van der Waals surface area contributed by atoms with E-state index in [2.05, 4.69) is 0 Å². The van der Waals surface area contributed by atoms with Gasteiger partial charge in [-0.05, 0) is 54.2 Å². The predicted octanol–water partition coefficient (Wildman–Crippen LogP) is 3.86. The second-order valence-electron chi connectivity index (χ2n) is 6.63. The Bertz CT molecular complexity index is 712. The van der Waals surface area contributed by atoms with Crippen molar-refractivity contribution in [2.45, 2.75) is 25.4 Å². The highest BCUT2D eigenvalue weighted by Crippen LogP contribution is 2.31. The Morgan fingerprint density at radius 2 is 1.69 bits per heavy atom. The highest BCUT2D eigenvalue weighted by atomic mass is 35.5. The van der Waals surface area contributed by atoms with Crippen LogP contribution in [0.1, 0.15) is 30.1 Å². The van der Waals surface area contributed by atoms with Crippen LogP contribution in [0.25, 0.3) is 0 Å². The zero-order valence-electron chi connectivity index (χ0n) is 14.5. The summed E-state index contributed by atoms with van der Waals surface area (Å²) in [5.74, 6) is 0.297. The molecule has 0 spiro atoms. The van der Waals surface area contributed by atoms with E-state index >= 15 is 0 Å². The zero-order valence-corrected chi connectivity index (χ0v) is 16.0. The molecule has 4 nitrogen and oxygen atoms in total. The Kier molecular flexibility index (Phi) is 7.33. The summed E-state index contributed by atoms with van der Waals surface area (Å²) in [5, 5.41) is 11.2. The van der Waals surface area contributed by atoms with Crippen molar-refractivity contribution in [3.05, 3.63) is 64.7 Å². The second-order valence-corrected chi connectivity index (χ2v) is 7.07. The van der Waals surface area contributed by atoms with E-state index in [1.807, 2.05) is 41.3 Å². The number of nitrogens with two attached hydrogens (primary N) is 1.